The summed E-state index contributed by atoms with van der Waals surface area (Å²) >= 11 is 0. The third kappa shape index (κ3) is 7.12. The van der Waals surface area contributed by atoms with E-state index in [2.05, 4.69) is 31.0 Å². The predicted molar refractivity (Wildman–Crippen MR) is 91.9 cm³/mol. The predicted octanol–water partition coefficient (Wildman–Crippen LogP) is 3.68. The molecule has 0 saturated heterocycles. The van der Waals surface area contributed by atoms with E-state index in [1.807, 2.05) is 7.11 Å². The maximum Gasteiger partial charge on any atom is 0.0589 e. The molecule has 21 heavy (non-hydrogen) atoms. The van der Waals surface area contributed by atoms with Crippen molar-refractivity contribution in [2.75, 3.05) is 33.4 Å². The second-order valence-corrected chi connectivity index (χ2v) is 6.70. The molecule has 0 radical (unpaired) electrons. The number of nitrogens with zero attached hydrogens (tertiary/aromatic N) is 1. The highest BCUT2D eigenvalue weighted by molar-refractivity contribution is 4.83. The van der Waals surface area contributed by atoms with E-state index in [4.69, 9.17) is 4.74 Å². The Kier molecular flexibility index (Phi) is 10.3. The van der Waals surface area contributed by atoms with Crippen LogP contribution in [0.3, 0.4) is 0 Å². The van der Waals surface area contributed by atoms with Crippen LogP contribution in [0.15, 0.2) is 0 Å². The van der Waals surface area contributed by atoms with Gasteiger partial charge in [0.15, 0.2) is 0 Å². The molecule has 126 valence electrons. The van der Waals surface area contributed by atoms with Crippen LogP contribution in [0.5, 0.6) is 0 Å². The minimum atomic E-state index is 0.662. The fourth-order valence-electron chi connectivity index (χ4n) is 3.46. The lowest BCUT2D eigenvalue weighted by Gasteiger charge is -2.35. The maximum absolute atomic E-state index is 5.32. The normalized spacial score (nSPS) is 25.0. The van der Waals surface area contributed by atoms with Crippen LogP contribution in [0.25, 0.3) is 0 Å². The lowest BCUT2D eigenvalue weighted by Crippen LogP contribution is -2.45. The molecule has 3 unspecified atom stereocenters. The molecule has 1 N–H and O–H groups in total. The van der Waals surface area contributed by atoms with E-state index in [-0.39, 0.29) is 0 Å². The molecular formula is C18H38N2O. The van der Waals surface area contributed by atoms with Crippen molar-refractivity contribution in [2.24, 2.45) is 5.92 Å². The molecule has 1 fully saturated rings. The van der Waals surface area contributed by atoms with Gasteiger partial charge in [-0.05, 0) is 45.1 Å². The summed E-state index contributed by atoms with van der Waals surface area (Å²) in [5.41, 5.74) is 0. The van der Waals surface area contributed by atoms with Crippen LogP contribution in [0.1, 0.15) is 65.7 Å². The first kappa shape index (κ1) is 18.9. The van der Waals surface area contributed by atoms with Gasteiger partial charge < -0.3 is 10.1 Å². The number of ether oxygens (including phenoxy) is 1. The summed E-state index contributed by atoms with van der Waals surface area (Å²) < 4.78 is 5.32. The number of hydrogen-bond donors (Lipinski definition) is 1. The molecule has 3 heteroatoms. The molecule has 3 nitrogen and oxygen atoms in total. The molecule has 1 rings (SSSR count). The zero-order valence-electron chi connectivity index (χ0n) is 14.9. The van der Waals surface area contributed by atoms with Gasteiger partial charge >= 0.3 is 0 Å². The molecule has 1 aliphatic rings. The highest BCUT2D eigenvalue weighted by Crippen LogP contribution is 2.25. The molecule has 3 atom stereocenters. The molecule has 0 aromatic heterocycles. The highest BCUT2D eigenvalue weighted by Gasteiger charge is 2.26. The maximum atomic E-state index is 5.32. The van der Waals surface area contributed by atoms with Gasteiger partial charge in [-0.1, -0.05) is 33.1 Å². The molecule has 0 heterocycles. The average molecular weight is 299 g/mol. The van der Waals surface area contributed by atoms with Gasteiger partial charge in [0.1, 0.15) is 0 Å². The molecule has 0 aromatic carbocycles. The van der Waals surface area contributed by atoms with Crippen LogP contribution < -0.4 is 5.32 Å². The van der Waals surface area contributed by atoms with Crippen LogP contribution in [-0.2, 0) is 4.74 Å². The summed E-state index contributed by atoms with van der Waals surface area (Å²) in [7, 11) is 1.81. The molecule has 0 aliphatic heterocycles. The van der Waals surface area contributed by atoms with Gasteiger partial charge in [-0.3, -0.25) is 4.90 Å². The summed E-state index contributed by atoms with van der Waals surface area (Å²) in [4.78, 5) is 2.65. The van der Waals surface area contributed by atoms with Crippen LogP contribution in [-0.4, -0.2) is 50.3 Å². The van der Waals surface area contributed by atoms with Crippen LogP contribution in [0.2, 0.25) is 0 Å². The number of methoxy groups -OCH3 is 1. The van der Waals surface area contributed by atoms with Crippen molar-refractivity contribution in [3.63, 3.8) is 0 Å². The van der Waals surface area contributed by atoms with Crippen molar-refractivity contribution in [2.45, 2.75) is 77.8 Å². The Hall–Kier alpha value is -0.120. The van der Waals surface area contributed by atoms with Crippen LogP contribution >= 0.6 is 0 Å². The monoisotopic (exact) mass is 298 g/mol. The molecule has 0 bridgehead atoms. The molecule has 1 aliphatic carbocycles. The fraction of sp³-hybridized carbons (Fsp3) is 1.00. The van der Waals surface area contributed by atoms with E-state index in [1.165, 1.54) is 58.0 Å². The van der Waals surface area contributed by atoms with E-state index in [0.29, 0.717) is 6.04 Å². The zero-order chi connectivity index (χ0) is 15.5. The third-order valence-corrected chi connectivity index (χ3v) is 5.08. The Morgan fingerprint density at radius 1 is 1.19 bits per heavy atom. The summed E-state index contributed by atoms with van der Waals surface area (Å²) in [6.45, 7) is 11.3. The molecular weight excluding hydrogens is 260 g/mol. The lowest BCUT2D eigenvalue weighted by molar-refractivity contribution is 0.0998. The van der Waals surface area contributed by atoms with Gasteiger partial charge in [0, 0.05) is 32.3 Å². The number of rotatable bonds is 10. The standard InChI is InChI=1S/C18H38N2O/c1-5-12-19-18-11-9-7-8-10-17(18)15-20(13-14-21-4)16(3)6-2/h16-19H,5-15H2,1-4H3. The third-order valence-electron chi connectivity index (χ3n) is 5.08. The van der Waals surface area contributed by atoms with Gasteiger partial charge in [0.2, 0.25) is 0 Å². The number of hydrogen-bond acceptors (Lipinski definition) is 3. The van der Waals surface area contributed by atoms with Crippen LogP contribution in [0, 0.1) is 5.92 Å². The smallest absolute Gasteiger partial charge is 0.0589 e. The van der Waals surface area contributed by atoms with Gasteiger partial charge in [0.25, 0.3) is 0 Å². The van der Waals surface area contributed by atoms with Crippen molar-refractivity contribution in [3.05, 3.63) is 0 Å². The summed E-state index contributed by atoms with van der Waals surface area (Å²) in [5, 5.41) is 3.82. The van der Waals surface area contributed by atoms with Gasteiger partial charge in [-0.15, -0.1) is 0 Å². The quantitative estimate of drug-likeness (QED) is 0.623. The second-order valence-electron chi connectivity index (χ2n) is 6.70. The first-order chi connectivity index (χ1) is 10.2. The van der Waals surface area contributed by atoms with E-state index in [1.54, 1.807) is 0 Å². The Morgan fingerprint density at radius 3 is 2.62 bits per heavy atom. The van der Waals surface area contributed by atoms with E-state index in [9.17, 15) is 0 Å². The second kappa shape index (κ2) is 11.4. The summed E-state index contributed by atoms with van der Waals surface area (Å²) in [6, 6.07) is 1.39. The van der Waals surface area contributed by atoms with E-state index in [0.717, 1.165) is 25.1 Å². The zero-order valence-corrected chi connectivity index (χ0v) is 14.9. The van der Waals surface area contributed by atoms with Gasteiger partial charge in [-0.25, -0.2) is 0 Å². The fourth-order valence-corrected chi connectivity index (χ4v) is 3.46. The summed E-state index contributed by atoms with van der Waals surface area (Å²) in [5.74, 6) is 0.810. The Labute approximate surface area is 132 Å². The number of nitrogens with one attached hydrogen (secondary N) is 1. The largest absolute Gasteiger partial charge is 0.383 e. The van der Waals surface area contributed by atoms with E-state index < -0.39 is 0 Å². The topological polar surface area (TPSA) is 24.5 Å². The summed E-state index contributed by atoms with van der Waals surface area (Å²) in [6.07, 6.45) is 9.45. The minimum absolute atomic E-state index is 0.662. The van der Waals surface area contributed by atoms with E-state index >= 15 is 0 Å². The van der Waals surface area contributed by atoms with Crippen molar-refractivity contribution >= 4 is 0 Å². The molecule has 1 saturated carbocycles. The Bertz CT molecular complexity index is 247. The van der Waals surface area contributed by atoms with Gasteiger partial charge in [-0.2, -0.15) is 0 Å². The van der Waals surface area contributed by atoms with Gasteiger partial charge in [0.05, 0.1) is 6.61 Å². The van der Waals surface area contributed by atoms with Crippen molar-refractivity contribution in [1.29, 1.82) is 0 Å². The highest BCUT2D eigenvalue weighted by atomic mass is 16.5. The minimum Gasteiger partial charge on any atom is -0.383 e. The van der Waals surface area contributed by atoms with Crippen molar-refractivity contribution in [1.82, 2.24) is 10.2 Å². The molecule has 0 aromatic rings. The Balaban J connectivity index is 2.61. The SMILES string of the molecule is CCCNC1CCCCCC1CN(CCOC)C(C)CC. The average Bonchev–Trinajstić information content (AvgIpc) is 2.73. The van der Waals surface area contributed by atoms with Crippen molar-refractivity contribution < 1.29 is 4.74 Å². The van der Waals surface area contributed by atoms with Crippen LogP contribution in [0.4, 0.5) is 0 Å². The first-order valence-electron chi connectivity index (χ1n) is 9.19. The first-order valence-corrected chi connectivity index (χ1v) is 9.19. The lowest BCUT2D eigenvalue weighted by atomic mass is 9.93. The van der Waals surface area contributed by atoms with Crippen molar-refractivity contribution in [3.8, 4) is 0 Å². The Morgan fingerprint density at radius 2 is 1.95 bits per heavy atom. The molecule has 0 spiro atoms. The molecule has 0 amide bonds.